The quantitative estimate of drug-likeness (QED) is 0.757. The highest BCUT2D eigenvalue weighted by Crippen LogP contribution is 2.18. The molecule has 2 rings (SSSR count). The number of benzene rings is 1. The maximum absolute atomic E-state index is 13.2. The highest BCUT2D eigenvalue weighted by atomic mass is 32.2. The van der Waals surface area contributed by atoms with Crippen LogP contribution in [-0.4, -0.2) is 34.4 Å². The Morgan fingerprint density at radius 3 is 2.58 bits per heavy atom. The third kappa shape index (κ3) is 3.23. The summed E-state index contributed by atoms with van der Waals surface area (Å²) in [6, 6.07) is 2.45. The van der Waals surface area contributed by atoms with E-state index < -0.39 is 31.7 Å². The summed E-state index contributed by atoms with van der Waals surface area (Å²) in [6.07, 6.45) is 0.221. The van der Waals surface area contributed by atoms with E-state index in [1.165, 1.54) is 6.07 Å². The number of nitrogen functional groups attached to an aromatic ring is 1. The van der Waals surface area contributed by atoms with Gasteiger partial charge >= 0.3 is 0 Å². The molecule has 0 aromatic heterocycles. The van der Waals surface area contributed by atoms with Crippen LogP contribution in [0.2, 0.25) is 0 Å². The molecule has 0 amide bonds. The van der Waals surface area contributed by atoms with Gasteiger partial charge in [0.1, 0.15) is 5.82 Å². The van der Waals surface area contributed by atoms with E-state index in [0.717, 1.165) is 12.1 Å². The van der Waals surface area contributed by atoms with Crippen molar-refractivity contribution in [3.8, 4) is 0 Å². The van der Waals surface area contributed by atoms with Crippen molar-refractivity contribution in [3.05, 3.63) is 24.0 Å². The summed E-state index contributed by atoms with van der Waals surface area (Å²) in [7, 11) is -7.13. The third-order valence-electron chi connectivity index (χ3n) is 2.84. The van der Waals surface area contributed by atoms with Crippen LogP contribution in [-0.2, 0) is 19.9 Å². The molecule has 1 aromatic carbocycles. The lowest BCUT2D eigenvalue weighted by Crippen LogP contribution is -2.35. The number of sulfone groups is 1. The Hall–Kier alpha value is -1.19. The first-order valence-corrected chi connectivity index (χ1v) is 8.78. The number of halogens is 1. The van der Waals surface area contributed by atoms with E-state index in [1.807, 2.05) is 0 Å². The molecular weight excluding hydrogens is 295 g/mol. The topological polar surface area (TPSA) is 106 Å². The van der Waals surface area contributed by atoms with E-state index >= 15 is 0 Å². The fourth-order valence-electron chi connectivity index (χ4n) is 1.85. The zero-order valence-corrected chi connectivity index (χ0v) is 11.5. The zero-order valence-electron chi connectivity index (χ0n) is 9.84. The Kier molecular flexibility index (Phi) is 3.54. The van der Waals surface area contributed by atoms with Gasteiger partial charge in [0.15, 0.2) is 9.84 Å². The number of nitrogens with one attached hydrogen (secondary N) is 1. The average Bonchev–Trinajstić information content (AvgIpc) is 2.61. The van der Waals surface area contributed by atoms with Crippen LogP contribution in [0, 0.1) is 5.82 Å². The highest BCUT2D eigenvalue weighted by Gasteiger charge is 2.31. The van der Waals surface area contributed by atoms with Crippen LogP contribution in [0.15, 0.2) is 23.1 Å². The predicted molar refractivity (Wildman–Crippen MR) is 68.2 cm³/mol. The second kappa shape index (κ2) is 4.73. The normalized spacial score (nSPS) is 22.5. The second-order valence-electron chi connectivity index (χ2n) is 4.40. The highest BCUT2D eigenvalue weighted by molar-refractivity contribution is 7.92. The molecule has 1 saturated heterocycles. The first-order valence-electron chi connectivity index (χ1n) is 5.47. The molecule has 106 valence electrons. The fraction of sp³-hybridized carbons (Fsp3) is 0.400. The fourth-order valence-corrected chi connectivity index (χ4v) is 4.91. The standard InChI is InChI=1S/C10H13FN2O4S2/c11-9-5-8(1-2-10(9)12)19(16,17)13-7-3-4-18(14,15)6-7/h1-2,5,7,13H,3-4,6,12H2. The Morgan fingerprint density at radius 1 is 1.37 bits per heavy atom. The minimum atomic E-state index is -3.94. The lowest BCUT2D eigenvalue weighted by molar-refractivity contribution is 0.560. The molecule has 1 heterocycles. The number of nitrogens with two attached hydrogens (primary N) is 1. The Balaban J connectivity index is 2.21. The molecule has 19 heavy (non-hydrogen) atoms. The van der Waals surface area contributed by atoms with E-state index in [-0.39, 0.29) is 28.5 Å². The van der Waals surface area contributed by atoms with Crippen molar-refractivity contribution in [2.75, 3.05) is 17.2 Å². The first kappa shape index (κ1) is 14.2. The van der Waals surface area contributed by atoms with Crippen molar-refractivity contribution in [3.63, 3.8) is 0 Å². The molecule has 1 aliphatic heterocycles. The van der Waals surface area contributed by atoms with Crippen molar-refractivity contribution in [1.29, 1.82) is 0 Å². The van der Waals surface area contributed by atoms with Gasteiger partial charge in [-0.3, -0.25) is 0 Å². The van der Waals surface area contributed by atoms with Gasteiger partial charge in [-0.25, -0.2) is 25.9 Å². The largest absolute Gasteiger partial charge is 0.396 e. The van der Waals surface area contributed by atoms with Gasteiger partial charge in [0, 0.05) is 6.04 Å². The molecule has 1 aromatic rings. The van der Waals surface area contributed by atoms with E-state index in [2.05, 4.69) is 4.72 Å². The number of sulfonamides is 1. The summed E-state index contributed by atoms with van der Waals surface area (Å²) in [6.45, 7) is 0. The molecule has 1 atom stereocenters. The smallest absolute Gasteiger partial charge is 0.240 e. The Labute approximate surface area is 110 Å². The second-order valence-corrected chi connectivity index (χ2v) is 8.35. The molecule has 1 fully saturated rings. The van der Waals surface area contributed by atoms with Gasteiger partial charge < -0.3 is 5.73 Å². The molecule has 0 radical (unpaired) electrons. The molecule has 9 heteroatoms. The summed E-state index contributed by atoms with van der Waals surface area (Å²) >= 11 is 0. The van der Waals surface area contributed by atoms with E-state index in [4.69, 9.17) is 5.73 Å². The summed E-state index contributed by atoms with van der Waals surface area (Å²) in [5, 5.41) is 0. The van der Waals surface area contributed by atoms with Gasteiger partial charge in [-0.15, -0.1) is 0 Å². The molecular formula is C10H13FN2O4S2. The summed E-state index contributed by atoms with van der Waals surface area (Å²) in [5.41, 5.74) is 5.11. The zero-order chi connectivity index (χ0) is 14.3. The SMILES string of the molecule is Nc1ccc(S(=O)(=O)NC2CCS(=O)(=O)C2)cc1F. The van der Waals surface area contributed by atoms with Crippen molar-refractivity contribution in [2.24, 2.45) is 0 Å². The minimum Gasteiger partial charge on any atom is -0.396 e. The van der Waals surface area contributed by atoms with Crippen molar-refractivity contribution >= 4 is 25.5 Å². The van der Waals surface area contributed by atoms with Gasteiger partial charge in [-0.05, 0) is 24.6 Å². The predicted octanol–water partition coefficient (Wildman–Crippen LogP) is -0.127. The van der Waals surface area contributed by atoms with Crippen LogP contribution in [0.3, 0.4) is 0 Å². The Bertz CT molecular complexity index is 700. The van der Waals surface area contributed by atoms with Crippen molar-refractivity contribution < 1.29 is 21.2 Å². The van der Waals surface area contributed by atoms with Crippen LogP contribution in [0.25, 0.3) is 0 Å². The first-order chi connectivity index (χ1) is 8.70. The third-order valence-corrected chi connectivity index (χ3v) is 6.12. The molecule has 0 saturated carbocycles. The minimum absolute atomic E-state index is 0.0454. The number of hydrogen-bond acceptors (Lipinski definition) is 5. The maximum Gasteiger partial charge on any atom is 0.240 e. The van der Waals surface area contributed by atoms with E-state index in [9.17, 15) is 21.2 Å². The molecule has 1 unspecified atom stereocenters. The van der Waals surface area contributed by atoms with Crippen molar-refractivity contribution in [2.45, 2.75) is 17.4 Å². The molecule has 0 aliphatic carbocycles. The lowest BCUT2D eigenvalue weighted by Gasteiger charge is -2.11. The average molecular weight is 308 g/mol. The van der Waals surface area contributed by atoms with Crippen LogP contribution < -0.4 is 10.5 Å². The van der Waals surface area contributed by atoms with Crippen LogP contribution in [0.5, 0.6) is 0 Å². The molecule has 0 spiro atoms. The van der Waals surface area contributed by atoms with Crippen molar-refractivity contribution in [1.82, 2.24) is 4.72 Å². The molecule has 1 aliphatic rings. The van der Waals surface area contributed by atoms with Gasteiger partial charge in [0.25, 0.3) is 0 Å². The van der Waals surface area contributed by atoms with Gasteiger partial charge in [-0.2, -0.15) is 0 Å². The van der Waals surface area contributed by atoms with Crippen LogP contribution >= 0.6 is 0 Å². The number of rotatable bonds is 3. The van der Waals surface area contributed by atoms with Gasteiger partial charge in [0.05, 0.1) is 22.1 Å². The van der Waals surface area contributed by atoms with Crippen LogP contribution in [0.1, 0.15) is 6.42 Å². The van der Waals surface area contributed by atoms with E-state index in [1.54, 1.807) is 0 Å². The monoisotopic (exact) mass is 308 g/mol. The number of hydrogen-bond donors (Lipinski definition) is 2. The molecule has 3 N–H and O–H groups in total. The van der Waals surface area contributed by atoms with E-state index in [0.29, 0.717) is 0 Å². The Morgan fingerprint density at radius 2 is 2.05 bits per heavy atom. The summed E-state index contributed by atoms with van der Waals surface area (Å²) < 4.78 is 61.9. The van der Waals surface area contributed by atoms with Gasteiger partial charge in [-0.1, -0.05) is 0 Å². The summed E-state index contributed by atoms with van der Waals surface area (Å²) in [4.78, 5) is -0.275. The van der Waals surface area contributed by atoms with Gasteiger partial charge in [0.2, 0.25) is 10.0 Å². The lowest BCUT2D eigenvalue weighted by atomic mass is 10.3. The summed E-state index contributed by atoms with van der Waals surface area (Å²) in [5.74, 6) is -1.11. The maximum atomic E-state index is 13.2. The van der Waals surface area contributed by atoms with Crippen LogP contribution in [0.4, 0.5) is 10.1 Å². The molecule has 0 bridgehead atoms. The number of anilines is 1. The molecule has 6 nitrogen and oxygen atoms in total.